The number of nitrogens with zero attached hydrogens (tertiary/aromatic N) is 2. The van der Waals surface area contributed by atoms with Gasteiger partial charge in [0.25, 0.3) is 0 Å². The van der Waals surface area contributed by atoms with Crippen molar-refractivity contribution in [3.05, 3.63) is 30.3 Å². The number of guanidine groups is 1. The SMILES string of the molecule is CN=C(NCCS(=O)(=O)NCC1CCCCO1)NC1CCN(c2ccccc2)C1. The molecule has 0 amide bonds. The molecule has 2 saturated heterocycles. The van der Waals surface area contributed by atoms with Gasteiger partial charge in [0.2, 0.25) is 10.0 Å². The molecule has 1 aromatic carbocycles. The van der Waals surface area contributed by atoms with Gasteiger partial charge in [-0.25, -0.2) is 13.1 Å². The van der Waals surface area contributed by atoms with Gasteiger partial charge in [0, 0.05) is 51.6 Å². The van der Waals surface area contributed by atoms with Crippen LogP contribution in [-0.2, 0) is 14.8 Å². The van der Waals surface area contributed by atoms with Gasteiger partial charge in [-0.15, -0.1) is 0 Å². The molecule has 3 rings (SSSR count). The van der Waals surface area contributed by atoms with Crippen molar-refractivity contribution in [3.8, 4) is 0 Å². The Bertz CT molecular complexity index is 751. The lowest BCUT2D eigenvalue weighted by Gasteiger charge is -2.23. The van der Waals surface area contributed by atoms with Gasteiger partial charge in [0.15, 0.2) is 5.96 Å². The van der Waals surface area contributed by atoms with Crippen LogP contribution in [0.5, 0.6) is 0 Å². The highest BCUT2D eigenvalue weighted by Gasteiger charge is 2.23. The fourth-order valence-electron chi connectivity index (χ4n) is 3.70. The zero-order chi connectivity index (χ0) is 20.5. The van der Waals surface area contributed by atoms with Gasteiger partial charge >= 0.3 is 0 Å². The predicted octanol–water partition coefficient (Wildman–Crippen LogP) is 0.919. The van der Waals surface area contributed by atoms with Crippen LogP contribution in [0.1, 0.15) is 25.7 Å². The van der Waals surface area contributed by atoms with Crippen LogP contribution in [0.2, 0.25) is 0 Å². The maximum atomic E-state index is 12.2. The van der Waals surface area contributed by atoms with Crippen molar-refractivity contribution >= 4 is 21.7 Å². The van der Waals surface area contributed by atoms with E-state index >= 15 is 0 Å². The summed E-state index contributed by atoms with van der Waals surface area (Å²) in [4.78, 5) is 6.57. The Hall–Kier alpha value is -1.84. The second-order valence-corrected chi connectivity index (χ2v) is 9.49. The van der Waals surface area contributed by atoms with Crippen molar-refractivity contribution in [3.63, 3.8) is 0 Å². The molecule has 8 nitrogen and oxygen atoms in total. The third kappa shape index (κ3) is 7.17. The van der Waals surface area contributed by atoms with Gasteiger partial charge in [0.1, 0.15) is 0 Å². The molecule has 0 aliphatic carbocycles. The monoisotopic (exact) mass is 423 g/mol. The maximum absolute atomic E-state index is 12.2. The van der Waals surface area contributed by atoms with E-state index in [9.17, 15) is 8.42 Å². The highest BCUT2D eigenvalue weighted by Crippen LogP contribution is 2.19. The number of benzene rings is 1. The summed E-state index contributed by atoms with van der Waals surface area (Å²) >= 11 is 0. The number of sulfonamides is 1. The third-order valence-corrected chi connectivity index (χ3v) is 6.69. The van der Waals surface area contributed by atoms with Crippen LogP contribution in [0.25, 0.3) is 0 Å². The van der Waals surface area contributed by atoms with Gasteiger partial charge < -0.3 is 20.3 Å². The van der Waals surface area contributed by atoms with E-state index < -0.39 is 10.0 Å². The first-order valence-electron chi connectivity index (χ1n) is 10.4. The van der Waals surface area contributed by atoms with Gasteiger partial charge in [-0.1, -0.05) is 18.2 Å². The Morgan fingerprint density at radius 2 is 2.07 bits per heavy atom. The van der Waals surface area contributed by atoms with E-state index in [2.05, 4.69) is 37.4 Å². The molecule has 1 aromatic rings. The summed E-state index contributed by atoms with van der Waals surface area (Å²) in [6.07, 6.45) is 4.08. The molecule has 0 aromatic heterocycles. The Kier molecular flexibility index (Phi) is 8.14. The lowest BCUT2D eigenvalue weighted by atomic mass is 10.1. The summed E-state index contributed by atoms with van der Waals surface area (Å²) in [5.41, 5.74) is 1.22. The van der Waals surface area contributed by atoms with E-state index in [0.717, 1.165) is 45.4 Å². The number of ether oxygens (including phenoxy) is 1. The summed E-state index contributed by atoms with van der Waals surface area (Å²) in [6.45, 7) is 3.26. The van der Waals surface area contributed by atoms with Crippen LogP contribution in [0.15, 0.2) is 35.3 Å². The molecule has 9 heteroatoms. The number of para-hydroxylation sites is 1. The fourth-order valence-corrected chi connectivity index (χ4v) is 4.66. The minimum atomic E-state index is -3.34. The minimum absolute atomic E-state index is 0.00122. The molecule has 0 radical (unpaired) electrons. The van der Waals surface area contributed by atoms with Crippen molar-refractivity contribution in [1.29, 1.82) is 0 Å². The molecule has 162 valence electrons. The number of aliphatic imine (C=N–C) groups is 1. The largest absolute Gasteiger partial charge is 0.377 e. The number of anilines is 1. The summed E-state index contributed by atoms with van der Waals surface area (Å²) in [6, 6.07) is 10.6. The van der Waals surface area contributed by atoms with Gasteiger partial charge in [-0.05, 0) is 37.8 Å². The third-order valence-electron chi connectivity index (χ3n) is 5.34. The van der Waals surface area contributed by atoms with Crippen LogP contribution in [0.3, 0.4) is 0 Å². The van der Waals surface area contributed by atoms with Crippen LogP contribution in [-0.4, -0.2) is 72.1 Å². The summed E-state index contributed by atoms with van der Waals surface area (Å²) in [5, 5.41) is 6.51. The number of hydrogen-bond acceptors (Lipinski definition) is 5. The smallest absolute Gasteiger partial charge is 0.213 e. The molecule has 2 aliphatic heterocycles. The predicted molar refractivity (Wildman–Crippen MR) is 117 cm³/mol. The normalized spacial score (nSPS) is 23.2. The molecule has 29 heavy (non-hydrogen) atoms. The van der Waals surface area contributed by atoms with Crippen LogP contribution in [0.4, 0.5) is 5.69 Å². The Morgan fingerprint density at radius 1 is 1.24 bits per heavy atom. The molecule has 2 fully saturated rings. The maximum Gasteiger partial charge on any atom is 0.213 e. The molecular weight excluding hydrogens is 390 g/mol. The zero-order valence-electron chi connectivity index (χ0n) is 17.1. The molecule has 2 aliphatic rings. The molecule has 0 spiro atoms. The van der Waals surface area contributed by atoms with E-state index in [-0.39, 0.29) is 17.9 Å². The lowest BCUT2D eigenvalue weighted by molar-refractivity contribution is 0.0200. The van der Waals surface area contributed by atoms with Crippen molar-refractivity contribution in [2.24, 2.45) is 4.99 Å². The first-order chi connectivity index (χ1) is 14.1. The molecule has 0 saturated carbocycles. The van der Waals surface area contributed by atoms with Crippen LogP contribution < -0.4 is 20.3 Å². The van der Waals surface area contributed by atoms with E-state index in [1.165, 1.54) is 5.69 Å². The summed E-state index contributed by atoms with van der Waals surface area (Å²) < 4.78 is 32.7. The molecule has 2 unspecified atom stereocenters. The van der Waals surface area contributed by atoms with Crippen molar-refractivity contribution in [2.75, 3.05) is 50.5 Å². The molecular formula is C20H33N5O3S. The second-order valence-electron chi connectivity index (χ2n) is 7.57. The molecule has 3 N–H and O–H groups in total. The summed E-state index contributed by atoms with van der Waals surface area (Å²) in [7, 11) is -1.64. The summed E-state index contributed by atoms with van der Waals surface area (Å²) in [5.74, 6) is 0.636. The van der Waals surface area contributed by atoms with E-state index in [1.807, 2.05) is 18.2 Å². The average Bonchev–Trinajstić information content (AvgIpc) is 3.21. The van der Waals surface area contributed by atoms with Gasteiger partial charge in [0.05, 0.1) is 11.9 Å². The van der Waals surface area contributed by atoms with Crippen molar-refractivity contribution in [1.82, 2.24) is 15.4 Å². The van der Waals surface area contributed by atoms with Crippen LogP contribution in [0, 0.1) is 0 Å². The average molecular weight is 424 g/mol. The Morgan fingerprint density at radius 3 is 2.79 bits per heavy atom. The van der Waals surface area contributed by atoms with Crippen molar-refractivity contribution < 1.29 is 13.2 Å². The van der Waals surface area contributed by atoms with Crippen LogP contribution >= 0.6 is 0 Å². The Labute approximate surface area is 174 Å². The molecule has 2 atom stereocenters. The van der Waals surface area contributed by atoms with E-state index in [4.69, 9.17) is 4.74 Å². The quantitative estimate of drug-likeness (QED) is 0.425. The number of hydrogen-bond donors (Lipinski definition) is 3. The van der Waals surface area contributed by atoms with Gasteiger partial charge in [-0.2, -0.15) is 0 Å². The van der Waals surface area contributed by atoms with Crippen molar-refractivity contribution in [2.45, 2.75) is 37.8 Å². The fraction of sp³-hybridized carbons (Fsp3) is 0.650. The Balaban J connectivity index is 1.37. The first-order valence-corrected chi connectivity index (χ1v) is 12.1. The number of nitrogens with one attached hydrogen (secondary N) is 3. The highest BCUT2D eigenvalue weighted by molar-refractivity contribution is 7.89. The van der Waals surface area contributed by atoms with Gasteiger partial charge in [-0.3, -0.25) is 4.99 Å². The molecule has 0 bridgehead atoms. The standard InChI is InChI=1S/C20H33N5O3S/c1-21-20(24-17-10-12-25(16-17)18-7-3-2-4-8-18)22-11-14-29(26,27)23-15-19-9-5-6-13-28-19/h2-4,7-8,17,19,23H,5-6,9-16H2,1H3,(H2,21,22,24). The topological polar surface area (TPSA) is 95.1 Å². The van der Waals surface area contributed by atoms with E-state index in [1.54, 1.807) is 7.05 Å². The minimum Gasteiger partial charge on any atom is -0.377 e. The first kappa shape index (κ1) is 21.9. The molecule has 2 heterocycles. The zero-order valence-corrected chi connectivity index (χ0v) is 18.0. The highest BCUT2D eigenvalue weighted by atomic mass is 32.2. The number of rotatable bonds is 8. The lowest BCUT2D eigenvalue weighted by Crippen LogP contribution is -2.46. The second kappa shape index (κ2) is 10.8. The van der Waals surface area contributed by atoms with E-state index in [0.29, 0.717) is 19.0 Å².